The first-order chi connectivity index (χ1) is 14.6. The van der Waals surface area contributed by atoms with Crippen molar-refractivity contribution in [3.05, 3.63) is 63.4 Å². The summed E-state index contributed by atoms with van der Waals surface area (Å²) in [5.41, 5.74) is -2.63. The molecule has 31 heavy (non-hydrogen) atoms. The Balaban J connectivity index is 1.54. The number of hydrogen-bond donors (Lipinski definition) is 1. The van der Waals surface area contributed by atoms with Crippen LogP contribution >= 0.6 is 23.2 Å². The van der Waals surface area contributed by atoms with E-state index in [4.69, 9.17) is 28.0 Å². The molecule has 3 heterocycles. The van der Waals surface area contributed by atoms with Gasteiger partial charge in [0, 0.05) is 49.7 Å². The first kappa shape index (κ1) is 22.0. The van der Waals surface area contributed by atoms with Crippen molar-refractivity contribution in [2.75, 3.05) is 11.5 Å². The van der Waals surface area contributed by atoms with Crippen molar-refractivity contribution in [1.29, 1.82) is 0 Å². The first-order valence-electron chi connectivity index (χ1n) is 8.98. The quantitative estimate of drug-likeness (QED) is 0.704. The Morgan fingerprint density at radius 3 is 2.42 bits per heavy atom. The van der Waals surface area contributed by atoms with Gasteiger partial charge in [-0.1, -0.05) is 28.4 Å². The second kappa shape index (κ2) is 8.07. The predicted octanol–water partition coefficient (Wildman–Crippen LogP) is 3.83. The lowest BCUT2D eigenvalue weighted by atomic mass is 9.87. The van der Waals surface area contributed by atoms with E-state index in [1.165, 1.54) is 24.4 Å². The summed E-state index contributed by atoms with van der Waals surface area (Å²) in [6, 6.07) is 6.26. The van der Waals surface area contributed by atoms with Crippen molar-refractivity contribution in [3.8, 4) is 0 Å². The van der Waals surface area contributed by atoms with Gasteiger partial charge in [-0.25, -0.2) is 0 Å². The Labute approximate surface area is 187 Å². The summed E-state index contributed by atoms with van der Waals surface area (Å²) >= 11 is 11.8. The fourth-order valence-corrected chi connectivity index (χ4v) is 4.78. The molecule has 0 bridgehead atoms. The molecule has 0 radical (unpaired) electrons. The molecular weight excluding hydrogens is 478 g/mol. The van der Waals surface area contributed by atoms with Gasteiger partial charge in [-0.2, -0.15) is 13.2 Å². The minimum Gasteiger partial charge on any atom is -0.374 e. The van der Waals surface area contributed by atoms with Crippen molar-refractivity contribution in [2.24, 2.45) is 5.16 Å². The van der Waals surface area contributed by atoms with Gasteiger partial charge in [-0.3, -0.25) is 14.0 Å². The van der Waals surface area contributed by atoms with Crippen LogP contribution in [-0.4, -0.2) is 44.5 Å². The number of carbonyl (C=O) groups excluding carboxylic acids is 1. The summed E-state index contributed by atoms with van der Waals surface area (Å²) in [7, 11) is -0.907. The highest BCUT2D eigenvalue weighted by Gasteiger charge is 2.62. The Morgan fingerprint density at radius 2 is 1.87 bits per heavy atom. The molecule has 1 atom stereocenters. The molecule has 6 nitrogen and oxygen atoms in total. The van der Waals surface area contributed by atoms with Crippen LogP contribution in [0.1, 0.15) is 28.0 Å². The van der Waals surface area contributed by atoms with Gasteiger partial charge in [-0.05, 0) is 30.3 Å². The van der Waals surface area contributed by atoms with Crippen LogP contribution in [0.5, 0.6) is 0 Å². The third-order valence-electron chi connectivity index (χ3n) is 4.95. The first-order valence-corrected chi connectivity index (χ1v) is 11.2. The number of amides is 1. The van der Waals surface area contributed by atoms with E-state index in [9.17, 15) is 22.2 Å². The van der Waals surface area contributed by atoms with Crippen molar-refractivity contribution < 1.29 is 27.0 Å². The average Bonchev–Trinajstić information content (AvgIpc) is 3.13. The number of benzene rings is 1. The number of halogens is 5. The van der Waals surface area contributed by atoms with Crippen molar-refractivity contribution in [3.63, 3.8) is 0 Å². The van der Waals surface area contributed by atoms with Gasteiger partial charge in [0.15, 0.2) is 0 Å². The molecule has 1 amide bonds. The zero-order chi connectivity index (χ0) is 22.4. The SMILES string of the molecule is O=C(NC1CS(=O)C1)c1ccc(C2=NO[C@@](c3cc(Cl)cc(Cl)c3)(C(F)(F)F)C2)cn1. The van der Waals surface area contributed by atoms with E-state index >= 15 is 0 Å². The molecule has 164 valence electrons. The van der Waals surface area contributed by atoms with Gasteiger partial charge in [0.2, 0.25) is 0 Å². The van der Waals surface area contributed by atoms with E-state index in [2.05, 4.69) is 15.5 Å². The molecule has 1 N–H and O–H groups in total. The van der Waals surface area contributed by atoms with Crippen LogP contribution in [0, 0.1) is 0 Å². The number of nitrogens with zero attached hydrogens (tertiary/aromatic N) is 2. The molecule has 1 saturated heterocycles. The molecule has 1 aromatic heterocycles. The Bertz CT molecular complexity index is 1070. The molecule has 2 aliphatic heterocycles. The summed E-state index contributed by atoms with van der Waals surface area (Å²) in [4.78, 5) is 21.1. The Morgan fingerprint density at radius 1 is 1.19 bits per heavy atom. The molecule has 1 aromatic carbocycles. The highest BCUT2D eigenvalue weighted by atomic mass is 35.5. The fraction of sp³-hybridized carbons (Fsp3) is 0.316. The molecule has 2 aromatic rings. The van der Waals surface area contributed by atoms with Crippen LogP contribution in [0.25, 0.3) is 0 Å². The minimum atomic E-state index is -4.80. The molecule has 0 spiro atoms. The van der Waals surface area contributed by atoms with Crippen LogP contribution in [0.2, 0.25) is 10.0 Å². The number of hydrogen-bond acceptors (Lipinski definition) is 5. The average molecular weight is 492 g/mol. The highest BCUT2D eigenvalue weighted by molar-refractivity contribution is 7.86. The number of alkyl halides is 3. The standard InChI is InChI=1S/C19H14Cl2F3N3O3S/c20-12-3-11(4-13(21)5-12)18(19(22,23)24)6-16(27-30-18)10-1-2-15(25-7-10)17(28)26-14-8-31(29)9-14/h1-5,7,14H,6,8-9H2,(H,26,28)/t14?,18-,31?/m0/s1. The summed E-state index contributed by atoms with van der Waals surface area (Å²) in [6.07, 6.45) is -4.16. The summed E-state index contributed by atoms with van der Waals surface area (Å²) < 4.78 is 53.2. The molecule has 0 unspecified atom stereocenters. The lowest BCUT2D eigenvalue weighted by molar-refractivity contribution is -0.275. The maximum Gasteiger partial charge on any atom is 0.435 e. The van der Waals surface area contributed by atoms with E-state index in [1.807, 2.05) is 0 Å². The molecule has 0 aliphatic carbocycles. The largest absolute Gasteiger partial charge is 0.435 e. The molecule has 12 heteroatoms. The second-order valence-corrected chi connectivity index (χ2v) is 9.58. The summed E-state index contributed by atoms with van der Waals surface area (Å²) in [5, 5.41) is 6.42. The van der Waals surface area contributed by atoms with Gasteiger partial charge < -0.3 is 10.2 Å². The summed E-state index contributed by atoms with van der Waals surface area (Å²) in [5.74, 6) is 0.340. The molecule has 0 saturated carbocycles. The predicted molar refractivity (Wildman–Crippen MR) is 110 cm³/mol. The van der Waals surface area contributed by atoms with E-state index in [0.717, 1.165) is 12.1 Å². The van der Waals surface area contributed by atoms with Gasteiger partial charge in [0.25, 0.3) is 11.5 Å². The number of pyridine rings is 1. The van der Waals surface area contributed by atoms with Crippen LogP contribution in [0.4, 0.5) is 13.2 Å². The number of oxime groups is 1. The normalized spacial score (nSPS) is 25.4. The van der Waals surface area contributed by atoms with Crippen LogP contribution in [-0.2, 0) is 21.2 Å². The zero-order valence-electron chi connectivity index (χ0n) is 15.6. The monoisotopic (exact) mass is 491 g/mol. The van der Waals surface area contributed by atoms with Crippen LogP contribution < -0.4 is 5.32 Å². The third kappa shape index (κ3) is 4.28. The topological polar surface area (TPSA) is 80.7 Å². The van der Waals surface area contributed by atoms with E-state index < -0.39 is 34.9 Å². The fourth-order valence-electron chi connectivity index (χ4n) is 3.29. The number of nitrogens with one attached hydrogen (secondary N) is 1. The lowest BCUT2D eigenvalue weighted by Gasteiger charge is -2.29. The van der Waals surface area contributed by atoms with Crippen LogP contribution in [0.15, 0.2) is 41.7 Å². The maximum atomic E-state index is 14.0. The second-order valence-electron chi connectivity index (χ2n) is 7.16. The van der Waals surface area contributed by atoms with Crippen molar-refractivity contribution in [1.82, 2.24) is 10.3 Å². The number of carbonyl (C=O) groups is 1. The van der Waals surface area contributed by atoms with E-state index in [1.54, 1.807) is 0 Å². The zero-order valence-corrected chi connectivity index (χ0v) is 17.9. The van der Waals surface area contributed by atoms with Gasteiger partial charge in [-0.15, -0.1) is 0 Å². The van der Waals surface area contributed by atoms with E-state index in [0.29, 0.717) is 11.5 Å². The highest BCUT2D eigenvalue weighted by Crippen LogP contribution is 2.49. The lowest BCUT2D eigenvalue weighted by Crippen LogP contribution is -2.50. The smallest absolute Gasteiger partial charge is 0.374 e. The molecular formula is C19H14Cl2F3N3O3S. The van der Waals surface area contributed by atoms with Gasteiger partial charge in [0.05, 0.1) is 18.2 Å². The minimum absolute atomic E-state index is 0.0160. The van der Waals surface area contributed by atoms with Crippen LogP contribution in [0.3, 0.4) is 0 Å². The van der Waals surface area contributed by atoms with Gasteiger partial charge >= 0.3 is 6.18 Å². The van der Waals surface area contributed by atoms with Crippen molar-refractivity contribution in [2.45, 2.75) is 24.2 Å². The van der Waals surface area contributed by atoms with Gasteiger partial charge in [0.1, 0.15) is 5.69 Å². The van der Waals surface area contributed by atoms with E-state index in [-0.39, 0.29) is 38.6 Å². The van der Waals surface area contributed by atoms with Crippen molar-refractivity contribution >= 4 is 45.6 Å². The molecule has 4 rings (SSSR count). The third-order valence-corrected chi connectivity index (χ3v) is 6.94. The number of aromatic nitrogens is 1. The Hall–Kier alpha value is -2.17. The molecule has 2 aliphatic rings. The summed E-state index contributed by atoms with van der Waals surface area (Å²) in [6.45, 7) is 0. The number of rotatable bonds is 4. The maximum absolute atomic E-state index is 14.0. The Kier molecular flexibility index (Phi) is 5.74. The molecule has 1 fully saturated rings.